The molecule has 0 aromatic carbocycles. The van der Waals surface area contributed by atoms with Gasteiger partial charge < -0.3 is 25.7 Å². The summed E-state index contributed by atoms with van der Waals surface area (Å²) in [5, 5.41) is 18.7. The van der Waals surface area contributed by atoms with Gasteiger partial charge in [0.1, 0.15) is 29.9 Å². The highest BCUT2D eigenvalue weighted by Crippen LogP contribution is 2.32. The number of fused-ring (bicyclic) bond motifs is 1. The lowest BCUT2D eigenvalue weighted by Crippen LogP contribution is -2.24. The molecule has 1 saturated heterocycles. The number of ether oxygens (including phenoxy) is 1. The fourth-order valence-corrected chi connectivity index (χ4v) is 2.09. The first-order valence-electron chi connectivity index (χ1n) is 5.59. The summed E-state index contributed by atoms with van der Waals surface area (Å²) in [7, 11) is 0. The first kappa shape index (κ1) is 11.3. The van der Waals surface area contributed by atoms with Crippen LogP contribution in [0.3, 0.4) is 0 Å². The van der Waals surface area contributed by atoms with Crippen LogP contribution in [0.15, 0.2) is 6.33 Å². The zero-order valence-corrected chi connectivity index (χ0v) is 9.45. The maximum atomic E-state index is 9.67. The second-order valence-corrected chi connectivity index (χ2v) is 4.23. The van der Waals surface area contributed by atoms with Crippen molar-refractivity contribution in [3.05, 3.63) is 12.2 Å². The van der Waals surface area contributed by atoms with Crippen LogP contribution in [0.4, 0.5) is 5.82 Å². The molecular weight excluding hydrogens is 238 g/mol. The number of anilines is 1. The lowest BCUT2D eigenvalue weighted by atomic mass is 10.1. The second kappa shape index (κ2) is 4.16. The van der Waals surface area contributed by atoms with Gasteiger partial charge in [-0.25, -0.2) is 15.0 Å². The number of aromatic amines is 1. The van der Waals surface area contributed by atoms with Crippen LogP contribution in [0.1, 0.15) is 18.3 Å². The van der Waals surface area contributed by atoms with E-state index in [0.29, 0.717) is 29.2 Å². The van der Waals surface area contributed by atoms with Crippen LogP contribution in [0, 0.1) is 0 Å². The number of nitrogens with zero attached hydrogens (tertiary/aromatic N) is 3. The predicted octanol–water partition coefficient (Wildman–Crippen LogP) is -0.882. The average molecular weight is 251 g/mol. The fourth-order valence-electron chi connectivity index (χ4n) is 2.09. The number of hydrogen-bond acceptors (Lipinski definition) is 7. The van der Waals surface area contributed by atoms with E-state index in [9.17, 15) is 5.11 Å². The highest BCUT2D eigenvalue weighted by Gasteiger charge is 2.36. The largest absolute Gasteiger partial charge is 0.394 e. The van der Waals surface area contributed by atoms with Crippen molar-refractivity contribution in [3.63, 3.8) is 0 Å². The Bertz CT molecular complexity index is 572. The van der Waals surface area contributed by atoms with Crippen molar-refractivity contribution in [2.75, 3.05) is 12.3 Å². The molecule has 3 atom stereocenters. The third kappa shape index (κ3) is 1.70. The third-order valence-corrected chi connectivity index (χ3v) is 3.04. The molecule has 8 heteroatoms. The van der Waals surface area contributed by atoms with Crippen LogP contribution >= 0.6 is 0 Å². The molecule has 0 bridgehead atoms. The summed E-state index contributed by atoms with van der Waals surface area (Å²) in [4.78, 5) is 15.1. The molecule has 2 aromatic heterocycles. The Labute approximate surface area is 102 Å². The highest BCUT2D eigenvalue weighted by atomic mass is 16.5. The lowest BCUT2D eigenvalue weighted by molar-refractivity contribution is -0.0244. The van der Waals surface area contributed by atoms with Crippen LogP contribution in [0.25, 0.3) is 11.2 Å². The number of H-pyrrole nitrogens is 1. The van der Waals surface area contributed by atoms with Crippen LogP contribution in [-0.4, -0.2) is 49.0 Å². The van der Waals surface area contributed by atoms with Gasteiger partial charge in [-0.1, -0.05) is 0 Å². The van der Waals surface area contributed by atoms with Crippen LogP contribution in [-0.2, 0) is 4.74 Å². The molecule has 96 valence electrons. The highest BCUT2D eigenvalue weighted by molar-refractivity contribution is 5.81. The van der Waals surface area contributed by atoms with Gasteiger partial charge in [0, 0.05) is 6.42 Å². The molecule has 0 saturated carbocycles. The summed E-state index contributed by atoms with van der Waals surface area (Å²) < 4.78 is 5.50. The van der Waals surface area contributed by atoms with E-state index in [1.807, 2.05) is 0 Å². The van der Waals surface area contributed by atoms with Gasteiger partial charge in [-0.2, -0.15) is 0 Å². The third-order valence-electron chi connectivity index (χ3n) is 3.04. The van der Waals surface area contributed by atoms with E-state index >= 15 is 0 Å². The molecule has 5 N–H and O–H groups in total. The summed E-state index contributed by atoms with van der Waals surface area (Å²) in [6, 6.07) is 0. The minimum atomic E-state index is -0.698. The molecular formula is C10H13N5O3. The Hall–Kier alpha value is -1.77. The topological polar surface area (TPSA) is 130 Å². The molecule has 8 nitrogen and oxygen atoms in total. The summed E-state index contributed by atoms with van der Waals surface area (Å²) in [5.41, 5.74) is 6.71. The summed E-state index contributed by atoms with van der Waals surface area (Å²) >= 11 is 0. The van der Waals surface area contributed by atoms with Crippen molar-refractivity contribution in [1.82, 2.24) is 19.9 Å². The van der Waals surface area contributed by atoms with E-state index in [2.05, 4.69) is 19.9 Å². The Balaban J connectivity index is 1.94. The van der Waals surface area contributed by atoms with Crippen molar-refractivity contribution in [1.29, 1.82) is 0 Å². The van der Waals surface area contributed by atoms with Gasteiger partial charge in [-0.15, -0.1) is 0 Å². The quantitative estimate of drug-likeness (QED) is 0.545. The summed E-state index contributed by atoms with van der Waals surface area (Å²) in [6.45, 7) is -0.222. The molecule has 3 rings (SSSR count). The van der Waals surface area contributed by atoms with E-state index in [-0.39, 0.29) is 6.61 Å². The molecule has 0 amide bonds. The Morgan fingerprint density at radius 2 is 2.33 bits per heavy atom. The number of hydrogen-bond donors (Lipinski definition) is 4. The van der Waals surface area contributed by atoms with Gasteiger partial charge in [-0.3, -0.25) is 0 Å². The molecule has 0 spiro atoms. The molecule has 0 aliphatic carbocycles. The predicted molar refractivity (Wildman–Crippen MR) is 61.4 cm³/mol. The smallest absolute Gasteiger partial charge is 0.183 e. The molecule has 1 aliphatic rings. The zero-order valence-electron chi connectivity index (χ0n) is 9.45. The van der Waals surface area contributed by atoms with E-state index in [4.69, 9.17) is 15.6 Å². The zero-order chi connectivity index (χ0) is 12.7. The maximum absolute atomic E-state index is 9.67. The number of nitrogens with two attached hydrogens (primary N) is 1. The SMILES string of the molecule is Nc1ncnc2nc([C@H]3C[C@@H](O)[C@@H](CO)O3)[nH]c12. The number of aliphatic hydroxyl groups excluding tert-OH is 2. The van der Waals surface area contributed by atoms with E-state index in [0.717, 1.165) is 0 Å². The van der Waals surface area contributed by atoms with Crippen molar-refractivity contribution in [3.8, 4) is 0 Å². The molecule has 0 radical (unpaired) electrons. The minimum absolute atomic E-state index is 0.222. The lowest BCUT2D eigenvalue weighted by Gasteiger charge is -2.09. The van der Waals surface area contributed by atoms with Gasteiger partial charge in [0.2, 0.25) is 0 Å². The van der Waals surface area contributed by atoms with Crippen molar-refractivity contribution < 1.29 is 14.9 Å². The molecule has 1 aliphatic heterocycles. The first-order chi connectivity index (χ1) is 8.69. The average Bonchev–Trinajstić information content (AvgIpc) is 2.93. The Kier molecular flexibility index (Phi) is 2.62. The van der Waals surface area contributed by atoms with E-state index < -0.39 is 18.3 Å². The first-order valence-corrected chi connectivity index (χ1v) is 5.59. The maximum Gasteiger partial charge on any atom is 0.183 e. The van der Waals surface area contributed by atoms with Crippen LogP contribution in [0.5, 0.6) is 0 Å². The van der Waals surface area contributed by atoms with Gasteiger partial charge in [-0.05, 0) is 0 Å². The van der Waals surface area contributed by atoms with Gasteiger partial charge >= 0.3 is 0 Å². The molecule has 2 aromatic rings. The van der Waals surface area contributed by atoms with E-state index in [1.54, 1.807) is 0 Å². The van der Waals surface area contributed by atoms with Gasteiger partial charge in [0.25, 0.3) is 0 Å². The fraction of sp³-hybridized carbons (Fsp3) is 0.500. The van der Waals surface area contributed by atoms with Crippen molar-refractivity contribution in [2.45, 2.75) is 24.7 Å². The summed E-state index contributed by atoms with van der Waals surface area (Å²) in [5.74, 6) is 0.850. The number of nitrogen functional groups attached to an aromatic ring is 1. The Morgan fingerprint density at radius 3 is 3.00 bits per heavy atom. The number of nitrogens with one attached hydrogen (secondary N) is 1. The van der Waals surface area contributed by atoms with Crippen molar-refractivity contribution in [2.24, 2.45) is 0 Å². The number of aromatic nitrogens is 4. The summed E-state index contributed by atoms with van der Waals surface area (Å²) in [6.07, 6.45) is 0.0377. The van der Waals surface area contributed by atoms with Gasteiger partial charge in [0.05, 0.1) is 12.7 Å². The monoisotopic (exact) mass is 251 g/mol. The molecule has 3 heterocycles. The molecule has 18 heavy (non-hydrogen) atoms. The normalized spacial score (nSPS) is 28.0. The Morgan fingerprint density at radius 1 is 1.50 bits per heavy atom. The van der Waals surface area contributed by atoms with Crippen LogP contribution < -0.4 is 5.73 Å². The van der Waals surface area contributed by atoms with E-state index in [1.165, 1.54) is 6.33 Å². The number of imidazole rings is 1. The molecule has 1 fully saturated rings. The van der Waals surface area contributed by atoms with Crippen molar-refractivity contribution >= 4 is 17.0 Å². The number of rotatable bonds is 2. The second-order valence-electron chi connectivity index (χ2n) is 4.23. The van der Waals surface area contributed by atoms with Gasteiger partial charge in [0.15, 0.2) is 11.5 Å². The standard InChI is InChI=1S/C10H13N5O3/c11-8-7-10(13-3-12-8)15-9(14-7)5-1-4(17)6(2-16)18-5/h3-6,16-17H,1-2H2,(H3,11,12,13,14,15)/t4-,5-,6-/m1/s1. The molecule has 0 unspecified atom stereocenters. The van der Waals surface area contributed by atoms with Crippen LogP contribution in [0.2, 0.25) is 0 Å². The minimum Gasteiger partial charge on any atom is -0.394 e. The number of aliphatic hydroxyl groups is 2.